The molecule has 0 saturated heterocycles. The second kappa shape index (κ2) is 3.97. The molecule has 4 heteroatoms. The highest BCUT2D eigenvalue weighted by molar-refractivity contribution is 6.31. The molecule has 3 nitrogen and oxygen atoms in total. The average Bonchev–Trinajstić information content (AvgIpc) is 2.64. The molecule has 2 aromatic rings. The molecule has 0 unspecified atom stereocenters. The Labute approximate surface area is 112 Å². The lowest BCUT2D eigenvalue weighted by Gasteiger charge is -2.38. The van der Waals surface area contributed by atoms with Crippen molar-refractivity contribution >= 4 is 22.6 Å². The molecule has 1 aromatic heterocycles. The van der Waals surface area contributed by atoms with E-state index < -0.39 is 0 Å². The van der Waals surface area contributed by atoms with Crippen molar-refractivity contribution in [3.05, 3.63) is 29.0 Å². The van der Waals surface area contributed by atoms with Gasteiger partial charge in [-0.15, -0.1) is 0 Å². The van der Waals surface area contributed by atoms with Crippen LogP contribution in [0.25, 0.3) is 11.0 Å². The van der Waals surface area contributed by atoms with Crippen LogP contribution in [0.4, 0.5) is 0 Å². The summed E-state index contributed by atoms with van der Waals surface area (Å²) in [5, 5.41) is 0.746. The summed E-state index contributed by atoms with van der Waals surface area (Å²) in [5.41, 5.74) is 8.28. The van der Waals surface area contributed by atoms with Crippen molar-refractivity contribution < 1.29 is 0 Å². The Morgan fingerprint density at radius 1 is 1.39 bits per heavy atom. The van der Waals surface area contributed by atoms with Crippen molar-refractivity contribution in [2.24, 2.45) is 5.73 Å². The first-order chi connectivity index (χ1) is 8.51. The van der Waals surface area contributed by atoms with Gasteiger partial charge in [-0.3, -0.25) is 0 Å². The number of rotatable bonds is 2. The van der Waals surface area contributed by atoms with E-state index in [1.165, 1.54) is 6.42 Å². The maximum Gasteiger partial charge on any atom is 0.130 e. The van der Waals surface area contributed by atoms with E-state index in [9.17, 15) is 0 Å². The third kappa shape index (κ3) is 1.65. The monoisotopic (exact) mass is 263 g/mol. The zero-order chi connectivity index (χ0) is 12.9. The van der Waals surface area contributed by atoms with E-state index in [0.717, 1.165) is 34.7 Å². The fourth-order valence-corrected chi connectivity index (χ4v) is 2.89. The highest BCUT2D eigenvalue weighted by Crippen LogP contribution is 2.40. The van der Waals surface area contributed by atoms with Gasteiger partial charge in [0.2, 0.25) is 0 Å². The first-order valence-electron chi connectivity index (χ1n) is 6.48. The van der Waals surface area contributed by atoms with Crippen LogP contribution in [0.15, 0.2) is 18.2 Å². The maximum absolute atomic E-state index is 6.45. The molecule has 0 bridgehead atoms. The fraction of sp³-hybridized carbons (Fsp3) is 0.500. The highest BCUT2D eigenvalue weighted by atomic mass is 35.5. The van der Waals surface area contributed by atoms with Gasteiger partial charge in [-0.25, -0.2) is 4.98 Å². The predicted molar refractivity (Wildman–Crippen MR) is 74.8 cm³/mol. The molecule has 96 valence electrons. The molecule has 1 heterocycles. The van der Waals surface area contributed by atoms with Crippen LogP contribution in [0.5, 0.6) is 0 Å². The number of aromatic nitrogens is 2. The topological polar surface area (TPSA) is 43.8 Å². The summed E-state index contributed by atoms with van der Waals surface area (Å²) in [6, 6.07) is 6.18. The Kier molecular flexibility index (Phi) is 2.65. The third-order valence-electron chi connectivity index (χ3n) is 3.86. The van der Waals surface area contributed by atoms with Crippen LogP contribution in [0, 0.1) is 0 Å². The quantitative estimate of drug-likeness (QED) is 0.900. The summed E-state index contributed by atoms with van der Waals surface area (Å²) >= 11 is 6.09. The number of nitrogens with zero attached hydrogens (tertiary/aromatic N) is 2. The highest BCUT2D eigenvalue weighted by Gasteiger charge is 2.39. The summed E-state index contributed by atoms with van der Waals surface area (Å²) in [4.78, 5) is 4.75. The van der Waals surface area contributed by atoms with Crippen molar-refractivity contribution in [3.63, 3.8) is 0 Å². The molecule has 0 radical (unpaired) electrons. The SMILES string of the molecule is CC(C)n1c(C2(N)CCC2)nc2ccc(Cl)cc21. The van der Waals surface area contributed by atoms with E-state index in [4.69, 9.17) is 22.3 Å². The van der Waals surface area contributed by atoms with Gasteiger partial charge in [0.25, 0.3) is 0 Å². The van der Waals surface area contributed by atoms with Crippen LogP contribution in [-0.2, 0) is 5.54 Å². The number of hydrogen-bond acceptors (Lipinski definition) is 2. The van der Waals surface area contributed by atoms with Gasteiger partial charge in [-0.1, -0.05) is 11.6 Å². The lowest BCUT2D eigenvalue weighted by molar-refractivity contribution is 0.228. The summed E-state index contributed by atoms with van der Waals surface area (Å²) in [6.45, 7) is 4.32. The van der Waals surface area contributed by atoms with E-state index in [2.05, 4.69) is 18.4 Å². The molecule has 1 fully saturated rings. The van der Waals surface area contributed by atoms with E-state index in [1.807, 2.05) is 18.2 Å². The number of fused-ring (bicyclic) bond motifs is 1. The molecular weight excluding hydrogens is 246 g/mol. The Hall–Kier alpha value is -1.06. The number of benzene rings is 1. The summed E-state index contributed by atoms with van der Waals surface area (Å²) < 4.78 is 2.24. The van der Waals surface area contributed by atoms with Gasteiger partial charge in [0.05, 0.1) is 16.6 Å². The van der Waals surface area contributed by atoms with Crippen molar-refractivity contribution in [1.29, 1.82) is 0 Å². The zero-order valence-corrected chi connectivity index (χ0v) is 11.5. The normalized spacial score (nSPS) is 18.3. The number of imidazole rings is 1. The minimum atomic E-state index is -0.240. The lowest BCUT2D eigenvalue weighted by atomic mass is 9.77. The Balaban J connectivity index is 2.27. The average molecular weight is 264 g/mol. The molecule has 1 aromatic carbocycles. The van der Waals surface area contributed by atoms with Crippen LogP contribution in [-0.4, -0.2) is 9.55 Å². The Morgan fingerprint density at radius 3 is 2.67 bits per heavy atom. The maximum atomic E-state index is 6.45. The van der Waals surface area contributed by atoms with E-state index in [-0.39, 0.29) is 5.54 Å². The molecular formula is C14H18ClN3. The van der Waals surface area contributed by atoms with Crippen LogP contribution in [0.3, 0.4) is 0 Å². The fourth-order valence-electron chi connectivity index (χ4n) is 2.72. The second-order valence-electron chi connectivity index (χ2n) is 5.54. The van der Waals surface area contributed by atoms with Crippen LogP contribution in [0.1, 0.15) is 45.0 Å². The van der Waals surface area contributed by atoms with Crippen molar-refractivity contribution in [1.82, 2.24) is 9.55 Å². The lowest BCUT2D eigenvalue weighted by Crippen LogP contribution is -2.45. The molecule has 0 atom stereocenters. The van der Waals surface area contributed by atoms with Crippen LogP contribution in [0.2, 0.25) is 5.02 Å². The van der Waals surface area contributed by atoms with Gasteiger partial charge < -0.3 is 10.3 Å². The van der Waals surface area contributed by atoms with Gasteiger partial charge in [0.15, 0.2) is 0 Å². The van der Waals surface area contributed by atoms with Gasteiger partial charge >= 0.3 is 0 Å². The molecule has 0 spiro atoms. The largest absolute Gasteiger partial charge is 0.324 e. The van der Waals surface area contributed by atoms with Crippen LogP contribution >= 0.6 is 11.6 Å². The molecule has 3 rings (SSSR count). The van der Waals surface area contributed by atoms with Gasteiger partial charge in [0.1, 0.15) is 5.82 Å². The standard InChI is InChI=1S/C14H18ClN3/c1-9(2)18-12-8-10(15)4-5-11(12)17-13(18)14(16)6-3-7-14/h4-5,8-9H,3,6-7,16H2,1-2H3. The summed E-state index contributed by atoms with van der Waals surface area (Å²) in [6.07, 6.45) is 3.24. The molecule has 1 aliphatic carbocycles. The number of halogens is 1. The van der Waals surface area contributed by atoms with Gasteiger partial charge in [0, 0.05) is 11.1 Å². The number of hydrogen-bond donors (Lipinski definition) is 1. The van der Waals surface area contributed by atoms with Crippen molar-refractivity contribution in [2.45, 2.75) is 44.7 Å². The molecule has 0 aliphatic heterocycles. The van der Waals surface area contributed by atoms with E-state index >= 15 is 0 Å². The molecule has 0 amide bonds. The summed E-state index contributed by atoms with van der Waals surface area (Å²) in [7, 11) is 0. The van der Waals surface area contributed by atoms with Crippen molar-refractivity contribution in [2.75, 3.05) is 0 Å². The van der Waals surface area contributed by atoms with Crippen LogP contribution < -0.4 is 5.73 Å². The van der Waals surface area contributed by atoms with E-state index in [0.29, 0.717) is 6.04 Å². The Bertz CT molecular complexity index is 596. The smallest absolute Gasteiger partial charge is 0.130 e. The first kappa shape index (κ1) is 12.0. The molecule has 18 heavy (non-hydrogen) atoms. The van der Waals surface area contributed by atoms with Crippen molar-refractivity contribution in [3.8, 4) is 0 Å². The molecule has 1 saturated carbocycles. The minimum absolute atomic E-state index is 0.240. The Morgan fingerprint density at radius 2 is 2.11 bits per heavy atom. The van der Waals surface area contributed by atoms with Gasteiger partial charge in [-0.05, 0) is 51.3 Å². The predicted octanol–water partition coefficient (Wildman–Crippen LogP) is 3.61. The second-order valence-corrected chi connectivity index (χ2v) is 5.98. The third-order valence-corrected chi connectivity index (χ3v) is 4.09. The molecule has 1 aliphatic rings. The number of nitrogens with two attached hydrogens (primary N) is 1. The first-order valence-corrected chi connectivity index (χ1v) is 6.86. The minimum Gasteiger partial charge on any atom is -0.324 e. The zero-order valence-electron chi connectivity index (χ0n) is 10.8. The van der Waals surface area contributed by atoms with Gasteiger partial charge in [-0.2, -0.15) is 0 Å². The van der Waals surface area contributed by atoms with E-state index in [1.54, 1.807) is 0 Å². The summed E-state index contributed by atoms with van der Waals surface area (Å²) in [5.74, 6) is 1.01. The molecule has 2 N–H and O–H groups in total.